The maximum absolute atomic E-state index is 12.3. The van der Waals surface area contributed by atoms with E-state index in [2.05, 4.69) is 9.97 Å². The minimum absolute atomic E-state index is 0.0941. The molecule has 8 heteroatoms. The zero-order chi connectivity index (χ0) is 19.7. The summed E-state index contributed by atoms with van der Waals surface area (Å²) in [7, 11) is 1.57. The number of hydrogen-bond donors (Lipinski definition) is 1. The van der Waals surface area contributed by atoms with E-state index in [4.69, 9.17) is 37.4 Å². The number of aromatic nitrogens is 2. The number of ether oxygens (including phenoxy) is 3. The van der Waals surface area contributed by atoms with Gasteiger partial charge in [0.25, 0.3) is 5.56 Å². The molecule has 1 aromatic carbocycles. The van der Waals surface area contributed by atoms with Crippen molar-refractivity contribution in [2.24, 2.45) is 0 Å². The number of H-pyrrole nitrogens is 1. The molecule has 6 nitrogen and oxygen atoms in total. The number of methoxy groups -OCH3 is 1. The van der Waals surface area contributed by atoms with Gasteiger partial charge in [0.1, 0.15) is 15.8 Å². The number of benzene rings is 1. The lowest BCUT2D eigenvalue weighted by Crippen LogP contribution is -2.13. The third-order valence-corrected chi connectivity index (χ3v) is 5.26. The molecule has 2 aromatic heterocycles. The summed E-state index contributed by atoms with van der Waals surface area (Å²) in [6, 6.07) is 4.93. The molecule has 1 N–H and O–H groups in total. The van der Waals surface area contributed by atoms with Crippen molar-refractivity contribution < 1.29 is 14.2 Å². The Bertz CT molecular complexity index is 1060. The van der Waals surface area contributed by atoms with Gasteiger partial charge in [0.05, 0.1) is 18.7 Å². The van der Waals surface area contributed by atoms with Crippen LogP contribution in [0, 0.1) is 0 Å². The molecular formula is C20H18Cl2N2O4. The Kier molecular flexibility index (Phi) is 5.33. The predicted octanol–water partition coefficient (Wildman–Crippen LogP) is 5.35. The average Bonchev–Trinajstić information content (AvgIpc) is 3.18. The van der Waals surface area contributed by atoms with Crippen molar-refractivity contribution >= 4 is 34.1 Å². The number of aromatic amines is 1. The Labute approximate surface area is 171 Å². The van der Waals surface area contributed by atoms with Crippen molar-refractivity contribution in [1.29, 1.82) is 0 Å². The normalized spacial score (nSPS) is 14.4. The first kappa shape index (κ1) is 18.9. The molecular weight excluding hydrogens is 403 g/mol. The summed E-state index contributed by atoms with van der Waals surface area (Å²) in [5.41, 5.74) is 0.170. The minimum atomic E-state index is -0.340. The maximum Gasteiger partial charge on any atom is 0.252 e. The number of nitrogens with one attached hydrogen (secondary N) is 1. The molecule has 1 fully saturated rings. The zero-order valence-electron chi connectivity index (χ0n) is 15.1. The Morgan fingerprint density at radius 1 is 1.07 bits per heavy atom. The van der Waals surface area contributed by atoms with E-state index < -0.39 is 0 Å². The largest absolute Gasteiger partial charge is 0.493 e. The topological polar surface area (TPSA) is 73.4 Å². The molecule has 4 rings (SSSR count). The van der Waals surface area contributed by atoms with Crippen molar-refractivity contribution in [2.75, 3.05) is 7.11 Å². The highest BCUT2D eigenvalue weighted by Crippen LogP contribution is 2.42. The smallest absolute Gasteiger partial charge is 0.252 e. The van der Waals surface area contributed by atoms with Crippen LogP contribution in [0.1, 0.15) is 25.7 Å². The Balaban J connectivity index is 1.85. The third-order valence-electron chi connectivity index (χ3n) is 4.73. The van der Waals surface area contributed by atoms with Crippen LogP contribution in [-0.2, 0) is 0 Å². The van der Waals surface area contributed by atoms with Crippen LogP contribution in [0.25, 0.3) is 10.9 Å². The Hall–Kier alpha value is -2.44. The lowest BCUT2D eigenvalue weighted by atomic mass is 10.1. The highest BCUT2D eigenvalue weighted by molar-refractivity contribution is 6.37. The van der Waals surface area contributed by atoms with Crippen LogP contribution < -0.4 is 19.8 Å². The molecule has 0 saturated heterocycles. The van der Waals surface area contributed by atoms with Gasteiger partial charge in [0.15, 0.2) is 17.2 Å². The Morgan fingerprint density at radius 3 is 2.46 bits per heavy atom. The summed E-state index contributed by atoms with van der Waals surface area (Å²) in [6.07, 6.45) is 7.15. The van der Waals surface area contributed by atoms with Crippen molar-refractivity contribution in [3.63, 3.8) is 0 Å². The van der Waals surface area contributed by atoms with Crippen molar-refractivity contribution in [3.8, 4) is 23.0 Å². The number of hydrogen-bond acceptors (Lipinski definition) is 5. The maximum atomic E-state index is 12.3. The van der Waals surface area contributed by atoms with Gasteiger partial charge in [-0.3, -0.25) is 9.78 Å². The van der Waals surface area contributed by atoms with Gasteiger partial charge in [-0.25, -0.2) is 0 Å². The molecule has 0 radical (unpaired) electrons. The quantitative estimate of drug-likeness (QED) is 0.601. The number of pyridine rings is 2. The molecule has 1 aliphatic carbocycles. The molecule has 1 aliphatic rings. The van der Waals surface area contributed by atoms with E-state index in [1.807, 2.05) is 0 Å². The van der Waals surface area contributed by atoms with Gasteiger partial charge in [-0.05, 0) is 37.8 Å². The van der Waals surface area contributed by atoms with E-state index in [1.165, 1.54) is 18.5 Å². The Morgan fingerprint density at radius 2 is 1.79 bits per heavy atom. The van der Waals surface area contributed by atoms with Crippen molar-refractivity contribution in [1.82, 2.24) is 9.97 Å². The first-order valence-corrected chi connectivity index (χ1v) is 9.70. The molecule has 1 saturated carbocycles. The number of nitrogens with zero attached hydrogens (tertiary/aromatic N) is 1. The standard InChI is InChI=1S/C20H18Cl2N2O4/c1-26-15-7-6-12-16(28-19-13(21)9-23-10-14(19)22)8-17(25)24-18(12)20(15)27-11-4-2-3-5-11/h6-11H,2-5H2,1H3,(H,24,25). The van der Waals surface area contributed by atoms with Crippen LogP contribution in [0.5, 0.6) is 23.0 Å². The molecule has 3 aromatic rings. The van der Waals surface area contributed by atoms with E-state index in [9.17, 15) is 4.79 Å². The average molecular weight is 421 g/mol. The minimum Gasteiger partial charge on any atom is -0.493 e. The summed E-state index contributed by atoms with van der Waals surface area (Å²) in [4.78, 5) is 19.1. The number of fused-ring (bicyclic) bond motifs is 1. The first-order chi connectivity index (χ1) is 13.6. The van der Waals surface area contributed by atoms with E-state index in [-0.39, 0.29) is 27.5 Å². The molecule has 28 heavy (non-hydrogen) atoms. The van der Waals surface area contributed by atoms with Gasteiger partial charge in [-0.15, -0.1) is 0 Å². The summed E-state index contributed by atoms with van der Waals surface area (Å²) in [5, 5.41) is 1.14. The summed E-state index contributed by atoms with van der Waals surface area (Å²) >= 11 is 12.3. The van der Waals surface area contributed by atoms with E-state index >= 15 is 0 Å². The van der Waals surface area contributed by atoms with Gasteiger partial charge in [0, 0.05) is 23.8 Å². The molecule has 0 amide bonds. The van der Waals surface area contributed by atoms with Crippen LogP contribution in [0.4, 0.5) is 0 Å². The highest BCUT2D eigenvalue weighted by atomic mass is 35.5. The van der Waals surface area contributed by atoms with E-state index in [1.54, 1.807) is 19.2 Å². The molecule has 0 unspecified atom stereocenters. The number of rotatable bonds is 5. The molecule has 0 atom stereocenters. The second kappa shape index (κ2) is 7.89. The molecule has 2 heterocycles. The van der Waals surface area contributed by atoms with Gasteiger partial charge in [0.2, 0.25) is 0 Å². The highest BCUT2D eigenvalue weighted by Gasteiger charge is 2.22. The second-order valence-corrected chi connectivity index (χ2v) is 7.39. The van der Waals surface area contributed by atoms with Crippen LogP contribution in [0.2, 0.25) is 10.0 Å². The predicted molar refractivity (Wildman–Crippen MR) is 108 cm³/mol. The van der Waals surface area contributed by atoms with Gasteiger partial charge in [-0.2, -0.15) is 0 Å². The fraction of sp³-hybridized carbons (Fsp3) is 0.300. The van der Waals surface area contributed by atoms with Crippen LogP contribution in [0.15, 0.2) is 35.4 Å². The van der Waals surface area contributed by atoms with E-state index in [0.717, 1.165) is 25.7 Å². The molecule has 0 spiro atoms. The zero-order valence-corrected chi connectivity index (χ0v) is 16.6. The summed E-state index contributed by atoms with van der Waals surface area (Å²) in [6.45, 7) is 0. The number of halogens is 2. The molecule has 146 valence electrons. The summed E-state index contributed by atoms with van der Waals surface area (Å²) in [5.74, 6) is 1.60. The van der Waals surface area contributed by atoms with Crippen LogP contribution in [-0.4, -0.2) is 23.2 Å². The lowest BCUT2D eigenvalue weighted by Gasteiger charge is -2.19. The van der Waals surface area contributed by atoms with Crippen LogP contribution >= 0.6 is 23.2 Å². The van der Waals surface area contributed by atoms with Crippen molar-refractivity contribution in [2.45, 2.75) is 31.8 Å². The second-order valence-electron chi connectivity index (χ2n) is 6.58. The fourth-order valence-corrected chi connectivity index (χ4v) is 3.83. The SMILES string of the molecule is COc1ccc2c(Oc3c(Cl)cncc3Cl)cc(=O)[nH]c2c1OC1CCCC1. The lowest BCUT2D eigenvalue weighted by molar-refractivity contribution is 0.203. The monoisotopic (exact) mass is 420 g/mol. The summed E-state index contributed by atoms with van der Waals surface area (Å²) < 4.78 is 17.6. The molecule has 0 bridgehead atoms. The van der Waals surface area contributed by atoms with Crippen molar-refractivity contribution in [3.05, 3.63) is 51.0 Å². The van der Waals surface area contributed by atoms with E-state index in [0.29, 0.717) is 28.2 Å². The third kappa shape index (κ3) is 3.62. The van der Waals surface area contributed by atoms with Gasteiger partial charge in [-0.1, -0.05) is 23.2 Å². The fourth-order valence-electron chi connectivity index (χ4n) is 3.39. The van der Waals surface area contributed by atoms with Gasteiger partial charge >= 0.3 is 0 Å². The van der Waals surface area contributed by atoms with Gasteiger partial charge < -0.3 is 19.2 Å². The first-order valence-electron chi connectivity index (χ1n) is 8.94. The van der Waals surface area contributed by atoms with Crippen LogP contribution in [0.3, 0.4) is 0 Å². The molecule has 0 aliphatic heterocycles.